The molecule has 3 N–H and O–H groups in total. The molecule has 0 saturated carbocycles. The SMILES string of the molecule is CCc1cc(NC(C)C)cc(-c2cnc3n[nH]c(-c4nc5c(-c6ccccc6F)cncc5[nH]4)c3c2)c1. The maximum Gasteiger partial charge on any atom is 0.181 e. The second kappa shape index (κ2) is 9.13. The van der Waals surface area contributed by atoms with E-state index in [1.807, 2.05) is 6.20 Å². The number of hydrogen-bond acceptors (Lipinski definition) is 5. The molecule has 37 heavy (non-hydrogen) atoms. The van der Waals surface area contributed by atoms with Crippen LogP contribution in [-0.4, -0.2) is 36.2 Å². The van der Waals surface area contributed by atoms with Crippen molar-refractivity contribution in [2.75, 3.05) is 5.32 Å². The first-order chi connectivity index (χ1) is 18.0. The first-order valence-electron chi connectivity index (χ1n) is 12.3. The van der Waals surface area contributed by atoms with Crippen LogP contribution >= 0.6 is 0 Å². The lowest BCUT2D eigenvalue weighted by atomic mass is 10.0. The Bertz CT molecular complexity index is 1750. The summed E-state index contributed by atoms with van der Waals surface area (Å²) < 4.78 is 14.6. The Balaban J connectivity index is 1.47. The lowest BCUT2D eigenvalue weighted by Gasteiger charge is -2.13. The van der Waals surface area contributed by atoms with Gasteiger partial charge in [-0.1, -0.05) is 31.2 Å². The van der Waals surface area contributed by atoms with Gasteiger partial charge in [0.2, 0.25) is 0 Å². The minimum atomic E-state index is -0.317. The fraction of sp³-hybridized carbons (Fsp3) is 0.172. The zero-order valence-corrected chi connectivity index (χ0v) is 20.8. The number of aryl methyl sites for hydroxylation is 1. The van der Waals surface area contributed by atoms with Gasteiger partial charge in [0.05, 0.1) is 17.1 Å². The number of imidazole rings is 1. The van der Waals surface area contributed by atoms with Crippen LogP contribution in [0.15, 0.2) is 67.1 Å². The third-order valence-electron chi connectivity index (χ3n) is 6.39. The van der Waals surface area contributed by atoms with E-state index in [1.54, 1.807) is 30.6 Å². The van der Waals surface area contributed by atoms with Crippen molar-refractivity contribution < 1.29 is 4.39 Å². The zero-order valence-electron chi connectivity index (χ0n) is 20.8. The molecule has 0 fully saturated rings. The largest absolute Gasteiger partial charge is 0.383 e. The number of anilines is 1. The molecular formula is C29H26FN7. The van der Waals surface area contributed by atoms with Gasteiger partial charge in [-0.3, -0.25) is 10.1 Å². The van der Waals surface area contributed by atoms with Gasteiger partial charge < -0.3 is 10.3 Å². The average molecular weight is 492 g/mol. The minimum Gasteiger partial charge on any atom is -0.383 e. The van der Waals surface area contributed by atoms with E-state index >= 15 is 0 Å². The molecule has 0 aliphatic rings. The first kappa shape index (κ1) is 22.8. The van der Waals surface area contributed by atoms with Gasteiger partial charge in [-0.05, 0) is 55.7 Å². The number of halogens is 1. The molecule has 0 atom stereocenters. The molecule has 0 aliphatic carbocycles. The van der Waals surface area contributed by atoms with Gasteiger partial charge in [-0.25, -0.2) is 14.4 Å². The van der Waals surface area contributed by atoms with Crippen LogP contribution in [-0.2, 0) is 6.42 Å². The highest BCUT2D eigenvalue weighted by molar-refractivity contribution is 5.97. The van der Waals surface area contributed by atoms with E-state index in [0.29, 0.717) is 45.4 Å². The lowest BCUT2D eigenvalue weighted by Crippen LogP contribution is -2.09. The number of benzene rings is 2. The monoisotopic (exact) mass is 491 g/mol. The van der Waals surface area contributed by atoms with Crippen molar-refractivity contribution in [3.05, 3.63) is 78.5 Å². The van der Waals surface area contributed by atoms with Crippen LogP contribution in [0.4, 0.5) is 10.1 Å². The summed E-state index contributed by atoms with van der Waals surface area (Å²) >= 11 is 0. The summed E-state index contributed by atoms with van der Waals surface area (Å²) in [4.78, 5) is 17.1. The lowest BCUT2D eigenvalue weighted by molar-refractivity contribution is 0.631. The Kier molecular flexibility index (Phi) is 5.64. The molecule has 6 rings (SSSR count). The van der Waals surface area contributed by atoms with Crippen LogP contribution < -0.4 is 5.32 Å². The molecule has 7 nitrogen and oxygen atoms in total. The molecule has 4 heterocycles. The van der Waals surface area contributed by atoms with Crippen LogP contribution in [0.3, 0.4) is 0 Å². The Labute approximate surface area is 213 Å². The molecule has 0 amide bonds. The summed E-state index contributed by atoms with van der Waals surface area (Å²) in [6.07, 6.45) is 6.11. The fourth-order valence-corrected chi connectivity index (χ4v) is 4.65. The molecule has 2 aromatic carbocycles. The Hall–Kier alpha value is -4.59. The van der Waals surface area contributed by atoms with Gasteiger partial charge in [0.25, 0.3) is 0 Å². The molecule has 0 unspecified atom stereocenters. The first-order valence-corrected chi connectivity index (χ1v) is 12.3. The second-order valence-electron chi connectivity index (χ2n) is 9.41. The van der Waals surface area contributed by atoms with E-state index in [-0.39, 0.29) is 5.82 Å². The molecule has 0 spiro atoms. The van der Waals surface area contributed by atoms with Crippen molar-refractivity contribution in [3.8, 4) is 33.8 Å². The van der Waals surface area contributed by atoms with E-state index in [1.165, 1.54) is 11.6 Å². The number of hydrogen-bond donors (Lipinski definition) is 3. The van der Waals surface area contributed by atoms with Crippen LogP contribution in [0.1, 0.15) is 26.3 Å². The molecule has 4 aromatic heterocycles. The summed E-state index contributed by atoms with van der Waals surface area (Å²) in [5, 5.41) is 11.8. The van der Waals surface area contributed by atoms with Crippen LogP contribution in [0.25, 0.3) is 55.8 Å². The molecule has 6 aromatic rings. The van der Waals surface area contributed by atoms with Gasteiger partial charge in [0, 0.05) is 40.8 Å². The Morgan fingerprint density at radius 3 is 2.65 bits per heavy atom. The Morgan fingerprint density at radius 1 is 0.973 bits per heavy atom. The highest BCUT2D eigenvalue weighted by Crippen LogP contribution is 2.33. The number of aromatic nitrogens is 6. The number of fused-ring (bicyclic) bond motifs is 2. The number of H-pyrrole nitrogens is 2. The van der Waals surface area contributed by atoms with Gasteiger partial charge in [0.15, 0.2) is 11.5 Å². The average Bonchev–Trinajstić information content (AvgIpc) is 3.52. The van der Waals surface area contributed by atoms with Gasteiger partial charge in [0.1, 0.15) is 17.0 Å². The molecule has 8 heteroatoms. The molecule has 0 radical (unpaired) electrons. The number of pyridine rings is 2. The van der Waals surface area contributed by atoms with E-state index in [9.17, 15) is 4.39 Å². The summed E-state index contributed by atoms with van der Waals surface area (Å²) in [6, 6.07) is 15.6. The predicted octanol–water partition coefficient (Wildman–Crippen LogP) is 6.75. The molecule has 0 bridgehead atoms. The van der Waals surface area contributed by atoms with Crippen molar-refractivity contribution in [2.24, 2.45) is 0 Å². The van der Waals surface area contributed by atoms with E-state index in [0.717, 1.165) is 28.6 Å². The molecule has 0 saturated heterocycles. The number of rotatable bonds is 6. The van der Waals surface area contributed by atoms with Crippen molar-refractivity contribution in [2.45, 2.75) is 33.2 Å². The van der Waals surface area contributed by atoms with E-state index in [2.05, 4.69) is 75.5 Å². The van der Waals surface area contributed by atoms with E-state index in [4.69, 9.17) is 4.98 Å². The molecule has 0 aliphatic heterocycles. The highest BCUT2D eigenvalue weighted by atomic mass is 19.1. The fourth-order valence-electron chi connectivity index (χ4n) is 4.65. The maximum atomic E-state index is 14.6. The van der Waals surface area contributed by atoms with Crippen LogP contribution in [0.5, 0.6) is 0 Å². The zero-order chi connectivity index (χ0) is 25.5. The van der Waals surface area contributed by atoms with Gasteiger partial charge in [-0.2, -0.15) is 5.10 Å². The summed E-state index contributed by atoms with van der Waals surface area (Å²) in [5.74, 6) is 0.273. The van der Waals surface area contributed by atoms with Crippen LogP contribution in [0, 0.1) is 5.82 Å². The summed E-state index contributed by atoms with van der Waals surface area (Å²) in [5.41, 5.74) is 8.15. The van der Waals surface area contributed by atoms with Gasteiger partial charge >= 0.3 is 0 Å². The van der Waals surface area contributed by atoms with Crippen molar-refractivity contribution in [1.29, 1.82) is 0 Å². The minimum absolute atomic E-state index is 0.317. The quantitative estimate of drug-likeness (QED) is 0.239. The number of nitrogens with zero attached hydrogens (tertiary/aromatic N) is 4. The molecule has 184 valence electrons. The highest BCUT2D eigenvalue weighted by Gasteiger charge is 2.17. The normalized spacial score (nSPS) is 11.6. The topological polar surface area (TPSA) is 95.2 Å². The smallest absolute Gasteiger partial charge is 0.181 e. The standard InChI is InChI=1S/C29H26FN7/c1-4-17-9-18(11-20(10-17)33-16(2)3)19-12-22-27(36-37-28(22)32-13-19)29-34-25-15-31-14-23(26(25)35-29)21-7-5-6-8-24(21)30/h5-16,33H,4H2,1-3H3,(H,34,35)(H,32,36,37). The van der Waals surface area contributed by atoms with Crippen molar-refractivity contribution in [1.82, 2.24) is 30.1 Å². The summed E-state index contributed by atoms with van der Waals surface area (Å²) in [7, 11) is 0. The molecular weight excluding hydrogens is 465 g/mol. The Morgan fingerprint density at radius 2 is 1.84 bits per heavy atom. The third kappa shape index (κ3) is 4.20. The van der Waals surface area contributed by atoms with Gasteiger partial charge in [-0.15, -0.1) is 0 Å². The van der Waals surface area contributed by atoms with Crippen molar-refractivity contribution in [3.63, 3.8) is 0 Å². The van der Waals surface area contributed by atoms with Crippen LogP contribution in [0.2, 0.25) is 0 Å². The maximum absolute atomic E-state index is 14.6. The number of aromatic amines is 2. The predicted molar refractivity (Wildman–Crippen MR) is 146 cm³/mol. The van der Waals surface area contributed by atoms with E-state index < -0.39 is 0 Å². The third-order valence-corrected chi connectivity index (χ3v) is 6.39. The van der Waals surface area contributed by atoms with Crippen molar-refractivity contribution >= 4 is 27.8 Å². The summed E-state index contributed by atoms with van der Waals surface area (Å²) in [6.45, 7) is 6.41. The second-order valence-corrected chi connectivity index (χ2v) is 9.41. The number of nitrogens with one attached hydrogen (secondary N) is 3.